The predicted molar refractivity (Wildman–Crippen MR) is 87.5 cm³/mol. The zero-order chi connectivity index (χ0) is 16.2. The normalized spacial score (nSPS) is 10.8. The minimum atomic E-state index is 0.286. The summed E-state index contributed by atoms with van der Waals surface area (Å²) >= 11 is 7.43. The Kier molecular flexibility index (Phi) is 4.76. The van der Waals surface area contributed by atoms with Crippen molar-refractivity contribution in [2.24, 2.45) is 0 Å². The summed E-state index contributed by atoms with van der Waals surface area (Å²) < 4.78 is 7.23. The van der Waals surface area contributed by atoms with Crippen molar-refractivity contribution in [3.8, 4) is 6.07 Å². The van der Waals surface area contributed by atoms with E-state index in [1.165, 1.54) is 11.8 Å². The van der Waals surface area contributed by atoms with E-state index in [1.54, 1.807) is 19.2 Å². The Balaban J connectivity index is 1.98. The van der Waals surface area contributed by atoms with E-state index in [2.05, 4.69) is 19.7 Å². The van der Waals surface area contributed by atoms with Crippen LogP contribution in [0.1, 0.15) is 5.69 Å². The maximum Gasteiger partial charge on any atom is 0.175 e. The molecule has 0 spiro atoms. The summed E-state index contributed by atoms with van der Waals surface area (Å²) in [5.74, 6) is 0. The number of aromatic nitrogens is 4. The fourth-order valence-corrected chi connectivity index (χ4v) is 3.10. The third-order valence-corrected chi connectivity index (χ3v) is 4.30. The molecule has 2 heterocycles. The monoisotopic (exact) mass is 345 g/mol. The maximum atomic E-state index is 8.78. The molecule has 0 aliphatic rings. The first kappa shape index (κ1) is 15.7. The first-order chi connectivity index (χ1) is 11.2. The van der Waals surface area contributed by atoms with Gasteiger partial charge >= 0.3 is 0 Å². The van der Waals surface area contributed by atoms with E-state index in [-0.39, 0.29) is 5.69 Å². The number of rotatable bonds is 5. The van der Waals surface area contributed by atoms with Gasteiger partial charge in [-0.05, 0) is 42.1 Å². The van der Waals surface area contributed by atoms with Crippen molar-refractivity contribution in [2.75, 3.05) is 13.7 Å². The number of halogens is 1. The lowest BCUT2D eigenvalue weighted by atomic mass is 10.3. The van der Waals surface area contributed by atoms with Gasteiger partial charge < -0.3 is 9.30 Å². The van der Waals surface area contributed by atoms with Crippen LogP contribution >= 0.6 is 23.4 Å². The van der Waals surface area contributed by atoms with Crippen LogP contribution in [0.15, 0.2) is 40.5 Å². The molecular formula is C15H12ClN5OS. The van der Waals surface area contributed by atoms with Gasteiger partial charge in [0.2, 0.25) is 0 Å². The van der Waals surface area contributed by atoms with E-state index in [1.807, 2.05) is 24.3 Å². The van der Waals surface area contributed by atoms with Gasteiger partial charge in [0.05, 0.1) is 17.6 Å². The van der Waals surface area contributed by atoms with Gasteiger partial charge in [0.15, 0.2) is 10.9 Å². The topological polar surface area (TPSA) is 76.6 Å². The zero-order valence-corrected chi connectivity index (χ0v) is 13.8. The Bertz CT molecular complexity index is 872. The summed E-state index contributed by atoms with van der Waals surface area (Å²) in [6, 6.07) is 10.9. The number of benzene rings is 1. The average molecular weight is 346 g/mol. The lowest BCUT2D eigenvalue weighted by molar-refractivity contribution is 0.186. The van der Waals surface area contributed by atoms with Gasteiger partial charge in [-0.25, -0.2) is 4.98 Å². The van der Waals surface area contributed by atoms with Crippen LogP contribution < -0.4 is 0 Å². The molecule has 0 atom stereocenters. The molecule has 0 aliphatic heterocycles. The van der Waals surface area contributed by atoms with Crippen LogP contribution in [-0.2, 0) is 11.3 Å². The predicted octanol–water partition coefficient (Wildman–Crippen LogP) is 3.15. The lowest BCUT2D eigenvalue weighted by Crippen LogP contribution is -2.05. The van der Waals surface area contributed by atoms with Crippen molar-refractivity contribution < 1.29 is 4.74 Å². The van der Waals surface area contributed by atoms with Crippen molar-refractivity contribution in [3.63, 3.8) is 0 Å². The molecule has 1 aromatic carbocycles. The van der Waals surface area contributed by atoms with Crippen LogP contribution in [0.2, 0.25) is 5.02 Å². The highest BCUT2D eigenvalue weighted by Crippen LogP contribution is 2.30. The highest BCUT2D eigenvalue weighted by molar-refractivity contribution is 7.99. The molecule has 2 aromatic heterocycles. The van der Waals surface area contributed by atoms with E-state index in [4.69, 9.17) is 21.6 Å². The molecule has 8 heteroatoms. The number of hydrogen-bond donors (Lipinski definition) is 0. The highest BCUT2D eigenvalue weighted by atomic mass is 35.5. The van der Waals surface area contributed by atoms with E-state index >= 15 is 0 Å². The minimum absolute atomic E-state index is 0.286. The summed E-state index contributed by atoms with van der Waals surface area (Å²) in [6.07, 6.45) is 0. The van der Waals surface area contributed by atoms with E-state index in [0.29, 0.717) is 23.2 Å². The largest absolute Gasteiger partial charge is 0.383 e. The lowest BCUT2D eigenvalue weighted by Gasteiger charge is -2.07. The molecule has 3 rings (SSSR count). The fraction of sp³-hybridized carbons (Fsp3) is 0.200. The Morgan fingerprint density at radius 1 is 1.30 bits per heavy atom. The van der Waals surface area contributed by atoms with Crippen molar-refractivity contribution in [2.45, 2.75) is 16.7 Å². The molecule has 0 unspecified atom stereocenters. The van der Waals surface area contributed by atoms with Gasteiger partial charge in [-0.1, -0.05) is 11.6 Å². The summed E-state index contributed by atoms with van der Waals surface area (Å²) in [7, 11) is 1.66. The molecule has 0 fully saturated rings. The number of nitriles is 1. The molecular weight excluding hydrogens is 334 g/mol. The van der Waals surface area contributed by atoms with Crippen LogP contribution in [-0.4, -0.2) is 33.5 Å². The van der Waals surface area contributed by atoms with Gasteiger partial charge in [0, 0.05) is 18.7 Å². The Morgan fingerprint density at radius 3 is 2.87 bits per heavy atom. The van der Waals surface area contributed by atoms with Crippen LogP contribution in [0.5, 0.6) is 0 Å². The molecule has 0 N–H and O–H groups in total. The standard InChI is InChI=1S/C15H12ClN5OS/c1-22-7-6-21-13-4-2-10(16)8-12(13)18-15(21)23-14-5-3-11(9-17)19-20-14/h2-5,8H,6-7H2,1H3. The van der Waals surface area contributed by atoms with E-state index < -0.39 is 0 Å². The summed E-state index contributed by atoms with van der Waals surface area (Å²) in [6.45, 7) is 1.24. The van der Waals surface area contributed by atoms with Crippen LogP contribution in [0.25, 0.3) is 11.0 Å². The fourth-order valence-electron chi connectivity index (χ4n) is 2.09. The molecule has 0 radical (unpaired) electrons. The maximum absolute atomic E-state index is 8.78. The number of imidazole rings is 1. The van der Waals surface area contributed by atoms with Gasteiger partial charge in [0.25, 0.3) is 0 Å². The number of hydrogen-bond acceptors (Lipinski definition) is 6. The molecule has 0 aliphatic carbocycles. The molecule has 0 saturated heterocycles. The molecule has 0 saturated carbocycles. The second-order valence-corrected chi connectivity index (χ2v) is 6.07. The molecule has 3 aromatic rings. The Labute approximate surface area is 142 Å². The molecule has 0 amide bonds. The van der Waals surface area contributed by atoms with Gasteiger partial charge in [-0.3, -0.25) is 0 Å². The molecule has 23 heavy (non-hydrogen) atoms. The smallest absolute Gasteiger partial charge is 0.175 e. The number of fused-ring (bicyclic) bond motifs is 1. The second kappa shape index (κ2) is 6.96. The van der Waals surface area contributed by atoms with Crippen molar-refractivity contribution in [1.82, 2.24) is 19.7 Å². The third kappa shape index (κ3) is 3.45. The zero-order valence-electron chi connectivity index (χ0n) is 12.2. The number of methoxy groups -OCH3 is 1. The van der Waals surface area contributed by atoms with E-state index in [9.17, 15) is 0 Å². The third-order valence-electron chi connectivity index (χ3n) is 3.14. The molecule has 116 valence electrons. The minimum Gasteiger partial charge on any atom is -0.383 e. The Morgan fingerprint density at radius 2 is 2.17 bits per heavy atom. The van der Waals surface area contributed by atoms with Gasteiger partial charge in [-0.15, -0.1) is 10.2 Å². The van der Waals surface area contributed by atoms with Gasteiger partial charge in [-0.2, -0.15) is 5.26 Å². The average Bonchev–Trinajstić information content (AvgIpc) is 2.89. The molecule has 6 nitrogen and oxygen atoms in total. The number of ether oxygens (including phenoxy) is 1. The van der Waals surface area contributed by atoms with Crippen LogP contribution in [0.4, 0.5) is 0 Å². The van der Waals surface area contributed by atoms with Gasteiger partial charge in [0.1, 0.15) is 11.1 Å². The summed E-state index contributed by atoms with van der Waals surface area (Å²) in [5.41, 5.74) is 2.09. The SMILES string of the molecule is COCCn1c(Sc2ccc(C#N)nn2)nc2cc(Cl)ccc21. The summed E-state index contributed by atoms with van der Waals surface area (Å²) in [4.78, 5) is 4.62. The van der Waals surface area contributed by atoms with Crippen LogP contribution in [0.3, 0.4) is 0 Å². The highest BCUT2D eigenvalue weighted by Gasteiger charge is 2.13. The number of nitrogens with zero attached hydrogens (tertiary/aromatic N) is 5. The molecule has 0 bridgehead atoms. The first-order valence-corrected chi connectivity index (χ1v) is 7.97. The first-order valence-electron chi connectivity index (χ1n) is 6.77. The van der Waals surface area contributed by atoms with Crippen molar-refractivity contribution >= 4 is 34.4 Å². The van der Waals surface area contributed by atoms with E-state index in [0.717, 1.165) is 16.2 Å². The van der Waals surface area contributed by atoms with Crippen molar-refractivity contribution in [1.29, 1.82) is 5.26 Å². The second-order valence-electron chi connectivity index (χ2n) is 4.64. The Hall–Kier alpha value is -2.14. The van der Waals surface area contributed by atoms with Crippen LogP contribution in [0, 0.1) is 11.3 Å². The van der Waals surface area contributed by atoms with Crippen molar-refractivity contribution in [3.05, 3.63) is 41.0 Å². The summed E-state index contributed by atoms with van der Waals surface area (Å²) in [5, 5.41) is 18.7. The quantitative estimate of drug-likeness (QED) is 0.707.